The number of hydrogen-bond acceptors (Lipinski definition) is 5. The largest absolute Gasteiger partial charge is 0.504 e. The molecule has 0 aliphatic carbocycles. The number of benzene rings is 2. The molecule has 5 heteroatoms. The minimum atomic E-state index is -0.00939. The van der Waals surface area contributed by atoms with Crippen molar-refractivity contribution in [2.45, 2.75) is 18.9 Å². The first-order valence-electron chi connectivity index (χ1n) is 8.01. The number of rotatable bonds is 5. The first-order valence-corrected chi connectivity index (χ1v) is 8.01. The van der Waals surface area contributed by atoms with E-state index in [2.05, 4.69) is 5.32 Å². The molecule has 1 atom stereocenters. The van der Waals surface area contributed by atoms with Gasteiger partial charge in [-0.3, -0.25) is 0 Å². The zero-order chi connectivity index (χ0) is 17.1. The quantitative estimate of drug-likeness (QED) is 0.883. The van der Waals surface area contributed by atoms with Crippen LogP contribution < -0.4 is 19.5 Å². The Balaban J connectivity index is 2.02. The van der Waals surface area contributed by atoms with Crippen LogP contribution in [0.2, 0.25) is 0 Å². The van der Waals surface area contributed by atoms with Gasteiger partial charge in [0.15, 0.2) is 11.5 Å². The molecule has 2 aromatic carbocycles. The van der Waals surface area contributed by atoms with Gasteiger partial charge in [0.05, 0.1) is 21.3 Å². The average molecular weight is 329 g/mol. The van der Waals surface area contributed by atoms with Crippen LogP contribution in [0.1, 0.15) is 22.7 Å². The highest BCUT2D eigenvalue weighted by Crippen LogP contribution is 2.45. The number of phenols is 1. The van der Waals surface area contributed by atoms with E-state index in [-0.39, 0.29) is 11.8 Å². The number of hydrogen-bond donors (Lipinski definition) is 2. The van der Waals surface area contributed by atoms with Crippen LogP contribution in [-0.4, -0.2) is 33.0 Å². The van der Waals surface area contributed by atoms with Crippen molar-refractivity contribution in [3.8, 4) is 23.0 Å². The smallest absolute Gasteiger partial charge is 0.203 e. The fraction of sp³-hybridized carbons (Fsp3) is 0.368. The topological polar surface area (TPSA) is 60.0 Å². The summed E-state index contributed by atoms with van der Waals surface area (Å²) < 4.78 is 16.1. The minimum absolute atomic E-state index is 0.00939. The molecule has 3 rings (SSSR count). The van der Waals surface area contributed by atoms with Crippen LogP contribution in [0.4, 0.5) is 0 Å². The van der Waals surface area contributed by atoms with Crippen molar-refractivity contribution in [1.82, 2.24) is 5.32 Å². The van der Waals surface area contributed by atoms with E-state index in [1.807, 2.05) is 30.3 Å². The lowest BCUT2D eigenvalue weighted by Gasteiger charge is -2.29. The molecule has 24 heavy (non-hydrogen) atoms. The normalized spacial score (nSPS) is 16.4. The Morgan fingerprint density at radius 1 is 1.08 bits per heavy atom. The third kappa shape index (κ3) is 2.87. The molecule has 0 amide bonds. The summed E-state index contributed by atoms with van der Waals surface area (Å²) in [5.41, 5.74) is 3.06. The van der Waals surface area contributed by atoms with Crippen molar-refractivity contribution in [2.75, 3.05) is 27.9 Å². The summed E-state index contributed by atoms with van der Waals surface area (Å²) in [4.78, 5) is 0. The predicted octanol–water partition coefficient (Wildman–Crippen LogP) is 2.85. The molecule has 1 aliphatic rings. The van der Waals surface area contributed by atoms with Crippen LogP contribution in [0.15, 0.2) is 30.3 Å². The molecule has 0 aromatic heterocycles. The standard InChI is InChI=1S/C19H23NO4/c1-22-15-7-5-4-6-12(15)10-14-17-13(8-9-20-14)11-16(23-2)19(24-3)18(17)21/h4-7,11,14,20-21H,8-10H2,1-3H3. The third-order valence-electron chi connectivity index (χ3n) is 4.52. The van der Waals surface area contributed by atoms with Gasteiger partial charge in [-0.2, -0.15) is 0 Å². The SMILES string of the molecule is COc1ccccc1CC1NCCc2cc(OC)c(OC)c(O)c21. The Morgan fingerprint density at radius 2 is 1.83 bits per heavy atom. The van der Waals surface area contributed by atoms with E-state index >= 15 is 0 Å². The highest BCUT2D eigenvalue weighted by molar-refractivity contribution is 5.60. The van der Waals surface area contributed by atoms with E-state index in [1.165, 1.54) is 7.11 Å². The molecule has 2 aromatic rings. The first-order chi connectivity index (χ1) is 11.7. The molecule has 128 valence electrons. The van der Waals surface area contributed by atoms with Crippen LogP contribution in [0.3, 0.4) is 0 Å². The summed E-state index contributed by atoms with van der Waals surface area (Å²) in [6, 6.07) is 9.90. The maximum absolute atomic E-state index is 10.7. The van der Waals surface area contributed by atoms with Gasteiger partial charge in [-0.15, -0.1) is 0 Å². The van der Waals surface area contributed by atoms with Crippen molar-refractivity contribution in [3.63, 3.8) is 0 Å². The molecular weight excluding hydrogens is 306 g/mol. The molecule has 1 heterocycles. The fourth-order valence-electron chi connectivity index (χ4n) is 3.39. The Hall–Kier alpha value is -2.40. The minimum Gasteiger partial charge on any atom is -0.504 e. The van der Waals surface area contributed by atoms with Crippen LogP contribution in [0.5, 0.6) is 23.0 Å². The number of para-hydroxylation sites is 1. The molecule has 0 saturated carbocycles. The number of methoxy groups -OCH3 is 3. The van der Waals surface area contributed by atoms with Gasteiger partial charge < -0.3 is 24.6 Å². The fourth-order valence-corrected chi connectivity index (χ4v) is 3.39. The summed E-state index contributed by atoms with van der Waals surface area (Å²) >= 11 is 0. The zero-order valence-electron chi connectivity index (χ0n) is 14.3. The Morgan fingerprint density at radius 3 is 2.54 bits per heavy atom. The summed E-state index contributed by atoms with van der Waals surface area (Å²) in [6.07, 6.45) is 1.56. The van der Waals surface area contributed by atoms with Crippen LogP contribution >= 0.6 is 0 Å². The van der Waals surface area contributed by atoms with E-state index in [0.717, 1.165) is 41.8 Å². The molecule has 0 radical (unpaired) electrons. The van der Waals surface area contributed by atoms with E-state index < -0.39 is 0 Å². The molecule has 0 fully saturated rings. The molecule has 1 aliphatic heterocycles. The van der Waals surface area contributed by atoms with Crippen LogP contribution in [0, 0.1) is 0 Å². The second-order valence-corrected chi connectivity index (χ2v) is 5.81. The lowest BCUT2D eigenvalue weighted by molar-refractivity contribution is 0.325. The maximum atomic E-state index is 10.7. The molecule has 0 spiro atoms. The van der Waals surface area contributed by atoms with Gasteiger partial charge in [-0.05, 0) is 42.6 Å². The van der Waals surface area contributed by atoms with E-state index in [4.69, 9.17) is 14.2 Å². The second kappa shape index (κ2) is 7.01. The van der Waals surface area contributed by atoms with Crippen LogP contribution in [-0.2, 0) is 12.8 Å². The predicted molar refractivity (Wildman–Crippen MR) is 92.4 cm³/mol. The molecule has 5 nitrogen and oxygen atoms in total. The van der Waals surface area contributed by atoms with Gasteiger partial charge >= 0.3 is 0 Å². The Labute approximate surface area is 142 Å². The van der Waals surface area contributed by atoms with Gasteiger partial charge in [-0.1, -0.05) is 18.2 Å². The lowest BCUT2D eigenvalue weighted by Crippen LogP contribution is -2.31. The average Bonchev–Trinajstić information content (AvgIpc) is 2.62. The summed E-state index contributed by atoms with van der Waals surface area (Å²) in [5.74, 6) is 1.95. The van der Waals surface area contributed by atoms with Gasteiger partial charge in [-0.25, -0.2) is 0 Å². The highest BCUT2D eigenvalue weighted by atomic mass is 16.5. The summed E-state index contributed by atoms with van der Waals surface area (Å²) in [6.45, 7) is 0.849. The van der Waals surface area contributed by atoms with Crippen LogP contribution in [0.25, 0.3) is 0 Å². The monoisotopic (exact) mass is 329 g/mol. The van der Waals surface area contributed by atoms with E-state index in [0.29, 0.717) is 11.5 Å². The van der Waals surface area contributed by atoms with Gasteiger partial charge in [0.25, 0.3) is 0 Å². The van der Waals surface area contributed by atoms with Crippen molar-refractivity contribution in [2.24, 2.45) is 0 Å². The van der Waals surface area contributed by atoms with Crippen molar-refractivity contribution in [1.29, 1.82) is 0 Å². The van der Waals surface area contributed by atoms with Gasteiger partial charge in [0.1, 0.15) is 5.75 Å². The highest BCUT2D eigenvalue weighted by Gasteiger charge is 2.28. The molecule has 1 unspecified atom stereocenters. The molecule has 2 N–H and O–H groups in total. The third-order valence-corrected chi connectivity index (χ3v) is 4.52. The molecule has 0 saturated heterocycles. The van der Waals surface area contributed by atoms with Crippen molar-refractivity contribution in [3.05, 3.63) is 47.0 Å². The Kier molecular flexibility index (Phi) is 4.81. The lowest BCUT2D eigenvalue weighted by atomic mass is 9.88. The Bertz CT molecular complexity index is 730. The molecular formula is C19H23NO4. The number of ether oxygens (including phenoxy) is 3. The number of fused-ring (bicyclic) bond motifs is 1. The first kappa shape index (κ1) is 16.5. The summed E-state index contributed by atoms with van der Waals surface area (Å²) in [7, 11) is 4.79. The van der Waals surface area contributed by atoms with Gasteiger partial charge in [0, 0.05) is 11.6 Å². The van der Waals surface area contributed by atoms with Crippen molar-refractivity contribution < 1.29 is 19.3 Å². The number of aromatic hydroxyl groups is 1. The second-order valence-electron chi connectivity index (χ2n) is 5.81. The maximum Gasteiger partial charge on any atom is 0.203 e. The zero-order valence-corrected chi connectivity index (χ0v) is 14.3. The van der Waals surface area contributed by atoms with Gasteiger partial charge in [0.2, 0.25) is 5.75 Å². The summed E-state index contributed by atoms with van der Waals surface area (Å²) in [5, 5.41) is 14.2. The van der Waals surface area contributed by atoms with E-state index in [1.54, 1.807) is 14.2 Å². The van der Waals surface area contributed by atoms with Crippen molar-refractivity contribution >= 4 is 0 Å². The molecule has 0 bridgehead atoms. The number of nitrogens with one attached hydrogen (secondary N) is 1. The number of phenolic OH excluding ortho intramolecular Hbond substituents is 1. The van der Waals surface area contributed by atoms with E-state index in [9.17, 15) is 5.11 Å².